The molecule has 3 nitrogen and oxygen atoms in total. The van der Waals surface area contributed by atoms with Gasteiger partial charge in [-0.3, -0.25) is 4.79 Å². The molecule has 5 heteroatoms. The van der Waals surface area contributed by atoms with Crippen molar-refractivity contribution in [2.45, 2.75) is 26.1 Å². The van der Waals surface area contributed by atoms with Gasteiger partial charge in [-0.1, -0.05) is 6.07 Å². The molecule has 0 spiro atoms. The van der Waals surface area contributed by atoms with Crippen molar-refractivity contribution in [1.82, 2.24) is 4.57 Å². The van der Waals surface area contributed by atoms with Crippen molar-refractivity contribution in [3.05, 3.63) is 52.6 Å². The molecular formula is C16H14ClFN2O. The van der Waals surface area contributed by atoms with Gasteiger partial charge in [-0.15, -0.1) is 11.6 Å². The molecule has 2 rings (SSSR count). The minimum atomic E-state index is -0.637. The maximum atomic E-state index is 13.8. The van der Waals surface area contributed by atoms with Gasteiger partial charge in [0.25, 0.3) is 0 Å². The summed E-state index contributed by atoms with van der Waals surface area (Å²) in [7, 11) is 0. The zero-order valence-electron chi connectivity index (χ0n) is 11.9. The Labute approximate surface area is 127 Å². The molecule has 108 valence electrons. The number of benzene rings is 1. The van der Waals surface area contributed by atoms with Crippen molar-refractivity contribution in [3.8, 4) is 11.8 Å². The second-order valence-corrected chi connectivity index (χ2v) is 5.50. The Hall–Kier alpha value is -2.12. The highest BCUT2D eigenvalue weighted by Crippen LogP contribution is 2.26. The smallest absolute Gasteiger partial charge is 0.182 e. The molecule has 21 heavy (non-hydrogen) atoms. The fourth-order valence-corrected chi connectivity index (χ4v) is 2.52. The molecule has 0 aliphatic rings. The van der Waals surface area contributed by atoms with Gasteiger partial charge in [-0.05, 0) is 39.0 Å². The molecule has 0 aliphatic carbocycles. The number of ketones is 1. The lowest BCUT2D eigenvalue weighted by Crippen LogP contribution is -2.12. The van der Waals surface area contributed by atoms with Crippen molar-refractivity contribution in [2.75, 3.05) is 0 Å². The largest absolute Gasteiger partial charge is 0.316 e. The molecule has 1 heterocycles. The summed E-state index contributed by atoms with van der Waals surface area (Å²) in [5.74, 6) is -0.771. The fraction of sp³-hybridized carbons (Fsp3) is 0.250. The number of Topliss-reactive ketones (excluding diaryl/α,β-unsaturated/α-hetero) is 1. The van der Waals surface area contributed by atoms with Crippen molar-refractivity contribution in [3.63, 3.8) is 0 Å². The summed E-state index contributed by atoms with van der Waals surface area (Å²) >= 11 is 5.85. The maximum absolute atomic E-state index is 13.8. The Kier molecular flexibility index (Phi) is 4.15. The summed E-state index contributed by atoms with van der Waals surface area (Å²) in [5, 5.41) is 8.52. The Balaban J connectivity index is 2.70. The van der Waals surface area contributed by atoms with Crippen LogP contribution in [-0.2, 0) is 0 Å². The molecule has 0 N–H and O–H groups in total. The van der Waals surface area contributed by atoms with Gasteiger partial charge in [0.05, 0.1) is 11.1 Å². The van der Waals surface area contributed by atoms with E-state index in [-0.39, 0.29) is 11.3 Å². The van der Waals surface area contributed by atoms with E-state index in [9.17, 15) is 9.18 Å². The summed E-state index contributed by atoms with van der Waals surface area (Å²) in [6.45, 7) is 5.17. The lowest BCUT2D eigenvalue weighted by Gasteiger charge is -2.12. The van der Waals surface area contributed by atoms with Gasteiger partial charge in [-0.2, -0.15) is 5.26 Å². The number of halogens is 2. The number of hydrogen-bond acceptors (Lipinski definition) is 2. The molecule has 0 bridgehead atoms. The first-order chi connectivity index (χ1) is 9.88. The zero-order chi connectivity index (χ0) is 15.7. The molecular weight excluding hydrogens is 291 g/mol. The summed E-state index contributed by atoms with van der Waals surface area (Å²) in [4.78, 5) is 12.1. The molecule has 1 aromatic carbocycles. The summed E-state index contributed by atoms with van der Waals surface area (Å²) in [6.07, 6.45) is 0. The van der Waals surface area contributed by atoms with Crippen molar-refractivity contribution < 1.29 is 9.18 Å². The van der Waals surface area contributed by atoms with Gasteiger partial charge in [0.2, 0.25) is 0 Å². The van der Waals surface area contributed by atoms with Crippen LogP contribution >= 0.6 is 11.6 Å². The minimum absolute atomic E-state index is 0.0442. The normalized spacial score (nSPS) is 12.0. The Morgan fingerprint density at radius 3 is 2.67 bits per heavy atom. The van der Waals surface area contributed by atoms with Crippen molar-refractivity contribution in [1.29, 1.82) is 5.26 Å². The average Bonchev–Trinajstić information content (AvgIpc) is 2.72. The summed E-state index contributed by atoms with van der Waals surface area (Å²) in [6, 6.07) is 8.01. The van der Waals surface area contributed by atoms with Crippen LogP contribution in [0.5, 0.6) is 0 Å². The summed E-state index contributed by atoms with van der Waals surface area (Å²) < 4.78 is 15.5. The van der Waals surface area contributed by atoms with E-state index in [0.717, 1.165) is 5.69 Å². The van der Waals surface area contributed by atoms with Crippen LogP contribution in [0.1, 0.15) is 34.2 Å². The highest BCUT2D eigenvalue weighted by Gasteiger charge is 2.21. The number of aryl methyl sites for hydroxylation is 1. The van der Waals surface area contributed by atoms with E-state index in [1.807, 2.05) is 6.07 Å². The predicted molar refractivity (Wildman–Crippen MR) is 79.6 cm³/mol. The van der Waals surface area contributed by atoms with Gasteiger partial charge in [0, 0.05) is 17.0 Å². The number of rotatable bonds is 3. The second-order valence-electron chi connectivity index (χ2n) is 4.85. The molecule has 0 saturated carbocycles. The molecule has 0 radical (unpaired) electrons. The standard InChI is InChI=1S/C16H14ClFN2O/c1-9-7-12(16(21)10(2)17)11(3)20(9)15-6-4-5-14(18)13(15)8-19/h4-7,10H,1-3H3. The van der Waals surface area contributed by atoms with E-state index in [1.54, 1.807) is 37.5 Å². The molecule has 2 aromatic rings. The highest BCUT2D eigenvalue weighted by atomic mass is 35.5. The maximum Gasteiger partial charge on any atom is 0.182 e. The first-order valence-electron chi connectivity index (χ1n) is 6.44. The number of nitriles is 1. The molecule has 0 amide bonds. The molecule has 1 atom stereocenters. The second kappa shape index (κ2) is 5.71. The van der Waals surface area contributed by atoms with E-state index >= 15 is 0 Å². The molecule has 0 aliphatic heterocycles. The number of carbonyl (C=O) groups is 1. The Morgan fingerprint density at radius 1 is 1.43 bits per heavy atom. The van der Waals surface area contributed by atoms with Crippen LogP contribution in [0.4, 0.5) is 4.39 Å². The van der Waals surface area contributed by atoms with Crippen molar-refractivity contribution >= 4 is 17.4 Å². The van der Waals surface area contributed by atoms with E-state index in [0.29, 0.717) is 16.9 Å². The highest BCUT2D eigenvalue weighted by molar-refractivity contribution is 6.33. The number of carbonyl (C=O) groups excluding carboxylic acids is 1. The first kappa shape index (κ1) is 15.3. The minimum Gasteiger partial charge on any atom is -0.316 e. The van der Waals surface area contributed by atoms with Gasteiger partial charge >= 0.3 is 0 Å². The number of hydrogen-bond donors (Lipinski definition) is 0. The third-order valence-electron chi connectivity index (χ3n) is 3.40. The monoisotopic (exact) mass is 304 g/mol. The summed E-state index contributed by atoms with van der Waals surface area (Å²) in [5.41, 5.74) is 2.26. The van der Waals surface area contributed by atoms with Crippen LogP contribution in [-0.4, -0.2) is 15.7 Å². The first-order valence-corrected chi connectivity index (χ1v) is 6.88. The quantitative estimate of drug-likeness (QED) is 0.637. The number of nitrogens with zero attached hydrogens (tertiary/aromatic N) is 2. The average molecular weight is 305 g/mol. The van der Waals surface area contributed by atoms with Gasteiger partial charge in [0.1, 0.15) is 17.4 Å². The topological polar surface area (TPSA) is 45.8 Å². The Morgan fingerprint density at radius 2 is 2.10 bits per heavy atom. The molecule has 0 saturated heterocycles. The van der Waals surface area contributed by atoms with Crippen LogP contribution < -0.4 is 0 Å². The lowest BCUT2D eigenvalue weighted by molar-refractivity contribution is 0.0991. The van der Waals surface area contributed by atoms with Crippen LogP contribution in [0.3, 0.4) is 0 Å². The van der Waals surface area contributed by atoms with Gasteiger partial charge < -0.3 is 4.57 Å². The lowest BCUT2D eigenvalue weighted by atomic mass is 10.1. The predicted octanol–water partition coefficient (Wildman–Crippen LogP) is 3.91. The number of aromatic nitrogens is 1. The third kappa shape index (κ3) is 2.57. The Bertz CT molecular complexity index is 756. The van der Waals surface area contributed by atoms with Crippen LogP contribution in [0, 0.1) is 31.0 Å². The van der Waals surface area contributed by atoms with Crippen molar-refractivity contribution in [2.24, 2.45) is 0 Å². The van der Waals surface area contributed by atoms with Crippen LogP contribution in [0.25, 0.3) is 5.69 Å². The molecule has 1 aromatic heterocycles. The van der Waals surface area contributed by atoms with Crippen LogP contribution in [0.2, 0.25) is 0 Å². The van der Waals surface area contributed by atoms with E-state index in [4.69, 9.17) is 16.9 Å². The van der Waals surface area contributed by atoms with Crippen LogP contribution in [0.15, 0.2) is 24.3 Å². The van der Waals surface area contributed by atoms with E-state index in [2.05, 4.69) is 0 Å². The fourth-order valence-electron chi connectivity index (χ4n) is 2.41. The molecule has 1 unspecified atom stereocenters. The third-order valence-corrected chi connectivity index (χ3v) is 3.60. The van der Waals surface area contributed by atoms with E-state index in [1.165, 1.54) is 12.1 Å². The van der Waals surface area contributed by atoms with Gasteiger partial charge in [-0.25, -0.2) is 4.39 Å². The number of alkyl halides is 1. The van der Waals surface area contributed by atoms with E-state index < -0.39 is 11.2 Å². The zero-order valence-corrected chi connectivity index (χ0v) is 12.7. The molecule has 0 fully saturated rings. The SMILES string of the molecule is Cc1cc(C(=O)C(C)Cl)c(C)n1-c1cccc(F)c1C#N. The van der Waals surface area contributed by atoms with Gasteiger partial charge in [0.15, 0.2) is 5.78 Å².